The lowest BCUT2D eigenvalue weighted by Gasteiger charge is -2.27. The van der Waals surface area contributed by atoms with Gasteiger partial charge in [0.2, 0.25) is 0 Å². The molecule has 0 bridgehead atoms. The van der Waals surface area contributed by atoms with Crippen molar-refractivity contribution in [3.05, 3.63) is 12.2 Å². The molecule has 0 saturated carbocycles. The lowest BCUT2D eigenvalue weighted by Crippen LogP contribution is -2.51. The summed E-state index contributed by atoms with van der Waals surface area (Å²) in [4.78, 5) is 0. The van der Waals surface area contributed by atoms with Gasteiger partial charge in [0.25, 0.3) is 10.2 Å². The van der Waals surface area contributed by atoms with Gasteiger partial charge in [0.15, 0.2) is 0 Å². The van der Waals surface area contributed by atoms with Gasteiger partial charge in [0.1, 0.15) is 0 Å². The summed E-state index contributed by atoms with van der Waals surface area (Å²) >= 11 is 0. The number of allylic oxidation sites excluding steroid dienone is 2. The summed E-state index contributed by atoms with van der Waals surface area (Å²) in [5, 5.41) is 3.15. The van der Waals surface area contributed by atoms with E-state index in [1.54, 1.807) is 0 Å². The minimum absolute atomic E-state index is 0.456. The van der Waals surface area contributed by atoms with Gasteiger partial charge in [0, 0.05) is 32.7 Å². The van der Waals surface area contributed by atoms with E-state index in [-0.39, 0.29) is 0 Å². The third kappa shape index (κ3) is 3.77. The Hall–Kier alpha value is -0.430. The van der Waals surface area contributed by atoms with E-state index >= 15 is 0 Å². The molecule has 0 spiro atoms. The predicted octanol–water partition coefficient (Wildman–Crippen LogP) is 0.0823. The van der Waals surface area contributed by atoms with Crippen molar-refractivity contribution in [3.8, 4) is 0 Å². The molecule has 1 fully saturated rings. The van der Waals surface area contributed by atoms with Crippen LogP contribution in [0.15, 0.2) is 12.2 Å². The molecule has 2 aliphatic rings. The number of hydrogen-bond acceptors (Lipinski definition) is 3. The van der Waals surface area contributed by atoms with Crippen LogP contribution in [-0.2, 0) is 10.2 Å². The molecule has 1 unspecified atom stereocenters. The highest BCUT2D eigenvalue weighted by Crippen LogP contribution is 2.17. The summed E-state index contributed by atoms with van der Waals surface area (Å²) in [6.45, 7) is 3.19. The number of hydrogen-bond donors (Lipinski definition) is 2. The number of rotatable bonds is 4. The highest BCUT2D eigenvalue weighted by atomic mass is 32.2. The third-order valence-electron chi connectivity index (χ3n) is 3.35. The fourth-order valence-electron chi connectivity index (χ4n) is 2.24. The van der Waals surface area contributed by atoms with Crippen molar-refractivity contribution in [2.45, 2.75) is 19.3 Å². The molecular formula is C11H21N3O2S. The van der Waals surface area contributed by atoms with Crippen molar-refractivity contribution < 1.29 is 8.42 Å². The van der Waals surface area contributed by atoms with Gasteiger partial charge >= 0.3 is 0 Å². The second kappa shape index (κ2) is 5.95. The Morgan fingerprint density at radius 3 is 2.71 bits per heavy atom. The molecule has 0 aromatic heterocycles. The number of nitrogens with zero attached hydrogens (tertiary/aromatic N) is 1. The average Bonchev–Trinajstić information content (AvgIpc) is 2.39. The van der Waals surface area contributed by atoms with Crippen molar-refractivity contribution in [3.63, 3.8) is 0 Å². The standard InChI is InChI=1S/C11H21N3O2S/c15-17(16,14-8-6-12-7-9-14)13-10-11-4-2-1-3-5-11/h1-2,11-13H,3-10H2. The second-order valence-corrected chi connectivity index (χ2v) is 6.41. The van der Waals surface area contributed by atoms with Crippen molar-refractivity contribution in [2.24, 2.45) is 5.92 Å². The van der Waals surface area contributed by atoms with Gasteiger partial charge in [-0.1, -0.05) is 12.2 Å². The fraction of sp³-hybridized carbons (Fsp3) is 0.818. The van der Waals surface area contributed by atoms with Crippen LogP contribution >= 0.6 is 0 Å². The molecule has 0 aromatic carbocycles. The lowest BCUT2D eigenvalue weighted by molar-refractivity contribution is 0.350. The van der Waals surface area contributed by atoms with Crippen LogP contribution in [0.1, 0.15) is 19.3 Å². The lowest BCUT2D eigenvalue weighted by atomic mass is 9.95. The number of piperazine rings is 1. The van der Waals surface area contributed by atoms with Crippen LogP contribution in [0.4, 0.5) is 0 Å². The molecule has 6 heteroatoms. The SMILES string of the molecule is O=S(=O)(NCC1CC=CCC1)N1CCNCC1. The second-order valence-electron chi connectivity index (χ2n) is 4.65. The maximum absolute atomic E-state index is 12.0. The molecule has 98 valence electrons. The molecule has 2 N–H and O–H groups in total. The summed E-state index contributed by atoms with van der Waals surface area (Å²) < 4.78 is 28.3. The topological polar surface area (TPSA) is 61.4 Å². The fourth-order valence-corrected chi connectivity index (χ4v) is 3.53. The quantitative estimate of drug-likeness (QED) is 0.703. The van der Waals surface area contributed by atoms with E-state index in [1.807, 2.05) is 0 Å². The molecule has 0 aromatic rings. The first-order chi connectivity index (χ1) is 8.18. The van der Waals surface area contributed by atoms with Crippen LogP contribution in [0, 0.1) is 5.92 Å². The summed E-state index contributed by atoms with van der Waals surface area (Å²) in [5.41, 5.74) is 0. The van der Waals surface area contributed by atoms with E-state index in [0.717, 1.165) is 32.4 Å². The van der Waals surface area contributed by atoms with Gasteiger partial charge in [-0.25, -0.2) is 4.72 Å². The summed E-state index contributed by atoms with van der Waals surface area (Å²) in [7, 11) is -3.26. The first-order valence-corrected chi connectivity index (χ1v) is 7.73. The van der Waals surface area contributed by atoms with Crippen LogP contribution in [0.2, 0.25) is 0 Å². The summed E-state index contributed by atoms with van der Waals surface area (Å²) in [6, 6.07) is 0. The minimum atomic E-state index is -3.26. The molecule has 17 heavy (non-hydrogen) atoms. The molecule has 1 aliphatic carbocycles. The minimum Gasteiger partial charge on any atom is -0.314 e. The van der Waals surface area contributed by atoms with E-state index in [4.69, 9.17) is 0 Å². The molecule has 5 nitrogen and oxygen atoms in total. The normalized spacial score (nSPS) is 27.2. The smallest absolute Gasteiger partial charge is 0.279 e. The van der Waals surface area contributed by atoms with Crippen LogP contribution in [0.5, 0.6) is 0 Å². The first-order valence-electron chi connectivity index (χ1n) is 6.29. The van der Waals surface area contributed by atoms with Crippen molar-refractivity contribution in [1.29, 1.82) is 0 Å². The van der Waals surface area contributed by atoms with Crippen molar-refractivity contribution >= 4 is 10.2 Å². The molecule has 1 saturated heterocycles. The van der Waals surface area contributed by atoms with E-state index in [9.17, 15) is 8.42 Å². The van der Waals surface area contributed by atoms with Gasteiger partial charge in [0.05, 0.1) is 0 Å². The van der Waals surface area contributed by atoms with Crippen LogP contribution in [-0.4, -0.2) is 45.4 Å². The zero-order chi connectivity index (χ0) is 12.1. The van der Waals surface area contributed by atoms with Crippen molar-refractivity contribution in [1.82, 2.24) is 14.3 Å². The molecule has 1 aliphatic heterocycles. The molecule has 1 heterocycles. The van der Waals surface area contributed by atoms with E-state index in [0.29, 0.717) is 25.6 Å². The highest BCUT2D eigenvalue weighted by Gasteiger charge is 2.24. The van der Waals surface area contributed by atoms with E-state index in [2.05, 4.69) is 22.2 Å². The van der Waals surface area contributed by atoms with Gasteiger partial charge in [-0.15, -0.1) is 0 Å². The molecular weight excluding hydrogens is 238 g/mol. The van der Waals surface area contributed by atoms with Gasteiger partial charge in [-0.3, -0.25) is 0 Å². The third-order valence-corrected chi connectivity index (χ3v) is 4.92. The largest absolute Gasteiger partial charge is 0.314 e. The Morgan fingerprint density at radius 1 is 1.29 bits per heavy atom. The predicted molar refractivity (Wildman–Crippen MR) is 67.8 cm³/mol. The Labute approximate surface area is 103 Å². The first kappa shape index (κ1) is 13.0. The van der Waals surface area contributed by atoms with E-state index < -0.39 is 10.2 Å². The van der Waals surface area contributed by atoms with Crippen LogP contribution in [0.25, 0.3) is 0 Å². The summed E-state index contributed by atoms with van der Waals surface area (Å²) in [5.74, 6) is 0.456. The molecule has 2 rings (SSSR count). The number of nitrogens with one attached hydrogen (secondary N) is 2. The Morgan fingerprint density at radius 2 is 2.06 bits per heavy atom. The Bertz CT molecular complexity index is 361. The Balaban J connectivity index is 1.81. The van der Waals surface area contributed by atoms with Crippen LogP contribution < -0.4 is 10.0 Å². The maximum Gasteiger partial charge on any atom is 0.279 e. The zero-order valence-electron chi connectivity index (χ0n) is 10.1. The van der Waals surface area contributed by atoms with Crippen molar-refractivity contribution in [2.75, 3.05) is 32.7 Å². The van der Waals surface area contributed by atoms with Crippen LogP contribution in [0.3, 0.4) is 0 Å². The van der Waals surface area contributed by atoms with Gasteiger partial charge < -0.3 is 5.32 Å². The highest BCUT2D eigenvalue weighted by molar-refractivity contribution is 7.87. The van der Waals surface area contributed by atoms with E-state index in [1.165, 1.54) is 4.31 Å². The summed E-state index contributed by atoms with van der Waals surface area (Å²) in [6.07, 6.45) is 7.46. The van der Waals surface area contributed by atoms with Gasteiger partial charge in [-0.2, -0.15) is 12.7 Å². The average molecular weight is 259 g/mol. The maximum atomic E-state index is 12.0. The zero-order valence-corrected chi connectivity index (χ0v) is 10.9. The van der Waals surface area contributed by atoms with Gasteiger partial charge in [-0.05, 0) is 25.2 Å². The molecule has 0 radical (unpaired) electrons. The molecule has 1 atom stereocenters. The monoisotopic (exact) mass is 259 g/mol. The molecule has 0 amide bonds. The Kier molecular flexibility index (Phi) is 4.55.